The Kier molecular flexibility index (Phi) is 4.04. The quantitative estimate of drug-likeness (QED) is 0.874. The Bertz CT molecular complexity index is 656. The van der Waals surface area contributed by atoms with E-state index in [1.165, 1.54) is 5.56 Å². The van der Waals surface area contributed by atoms with Crippen molar-refractivity contribution in [1.82, 2.24) is 4.90 Å². The van der Waals surface area contributed by atoms with E-state index in [0.29, 0.717) is 11.8 Å². The molecule has 120 valence electrons. The third-order valence-corrected chi connectivity index (χ3v) is 6.01. The molecule has 0 bridgehead atoms. The van der Waals surface area contributed by atoms with Gasteiger partial charge in [0.2, 0.25) is 0 Å². The van der Waals surface area contributed by atoms with Crippen LogP contribution >= 0.6 is 15.9 Å². The molecule has 1 N–H and O–H groups in total. The largest absolute Gasteiger partial charge is 0.385 e. The predicted octanol–water partition coefficient (Wildman–Crippen LogP) is 4.18. The Hall–Kier alpha value is -1.16. The van der Waals surface area contributed by atoms with Crippen molar-refractivity contribution in [2.24, 2.45) is 11.8 Å². The first-order valence-electron chi connectivity index (χ1n) is 8.37. The second-order valence-electron chi connectivity index (χ2n) is 7.15. The van der Waals surface area contributed by atoms with Crippen LogP contribution in [0.15, 0.2) is 59.1 Å². The molecule has 0 amide bonds. The van der Waals surface area contributed by atoms with Crippen molar-refractivity contribution in [3.8, 4) is 0 Å². The van der Waals surface area contributed by atoms with E-state index in [0.717, 1.165) is 42.5 Å². The minimum Gasteiger partial charge on any atom is -0.385 e. The van der Waals surface area contributed by atoms with Gasteiger partial charge in [-0.05, 0) is 47.9 Å². The maximum atomic E-state index is 11.1. The van der Waals surface area contributed by atoms with Crippen molar-refractivity contribution in [2.45, 2.75) is 25.0 Å². The van der Waals surface area contributed by atoms with E-state index < -0.39 is 5.60 Å². The lowest BCUT2D eigenvalue weighted by Gasteiger charge is -2.26. The SMILES string of the molecule is OC1(c2ccc(Br)cc2)C[C@H]2CN(Cc3ccccc3)C[C@@H]2C1. The number of nitrogens with zero attached hydrogens (tertiary/aromatic N) is 1. The van der Waals surface area contributed by atoms with Crippen LogP contribution in [0.5, 0.6) is 0 Å². The average molecular weight is 372 g/mol. The van der Waals surface area contributed by atoms with Crippen LogP contribution in [0.4, 0.5) is 0 Å². The van der Waals surface area contributed by atoms with E-state index in [1.807, 2.05) is 12.1 Å². The van der Waals surface area contributed by atoms with Crippen LogP contribution in [-0.2, 0) is 12.1 Å². The van der Waals surface area contributed by atoms with Gasteiger partial charge in [-0.25, -0.2) is 0 Å². The van der Waals surface area contributed by atoms with Crippen molar-refractivity contribution in [1.29, 1.82) is 0 Å². The van der Waals surface area contributed by atoms with Gasteiger partial charge in [0.25, 0.3) is 0 Å². The zero-order valence-corrected chi connectivity index (χ0v) is 14.7. The summed E-state index contributed by atoms with van der Waals surface area (Å²) in [5.41, 5.74) is 1.83. The predicted molar refractivity (Wildman–Crippen MR) is 96.0 cm³/mol. The van der Waals surface area contributed by atoms with E-state index in [1.54, 1.807) is 0 Å². The highest BCUT2D eigenvalue weighted by Gasteiger charge is 2.48. The van der Waals surface area contributed by atoms with Gasteiger partial charge in [-0.1, -0.05) is 58.4 Å². The van der Waals surface area contributed by atoms with Gasteiger partial charge in [-0.3, -0.25) is 4.90 Å². The molecule has 2 aliphatic rings. The molecule has 2 fully saturated rings. The molecule has 0 unspecified atom stereocenters. The van der Waals surface area contributed by atoms with Gasteiger partial charge in [0.1, 0.15) is 0 Å². The molecule has 1 heterocycles. The molecule has 2 aromatic carbocycles. The number of hydrogen-bond donors (Lipinski definition) is 1. The van der Waals surface area contributed by atoms with Crippen LogP contribution < -0.4 is 0 Å². The second kappa shape index (κ2) is 6.04. The smallest absolute Gasteiger partial charge is 0.0903 e. The van der Waals surface area contributed by atoms with Crippen molar-refractivity contribution in [3.63, 3.8) is 0 Å². The normalized spacial score (nSPS) is 26.3. The molecule has 4 rings (SSSR count). The van der Waals surface area contributed by atoms with Crippen LogP contribution in [0.2, 0.25) is 0 Å². The monoisotopic (exact) mass is 371 g/mol. The van der Waals surface area contributed by atoms with Gasteiger partial charge in [0.05, 0.1) is 5.60 Å². The first-order chi connectivity index (χ1) is 11.1. The number of fused-ring (bicyclic) bond motifs is 1. The summed E-state index contributed by atoms with van der Waals surface area (Å²) < 4.78 is 1.07. The summed E-state index contributed by atoms with van der Waals surface area (Å²) in [4.78, 5) is 2.55. The van der Waals surface area contributed by atoms with E-state index in [9.17, 15) is 5.11 Å². The van der Waals surface area contributed by atoms with Crippen molar-refractivity contribution < 1.29 is 5.11 Å². The number of likely N-dealkylation sites (tertiary alicyclic amines) is 1. The zero-order chi connectivity index (χ0) is 15.9. The van der Waals surface area contributed by atoms with Gasteiger partial charge >= 0.3 is 0 Å². The number of benzene rings is 2. The van der Waals surface area contributed by atoms with Gasteiger partial charge in [0, 0.05) is 24.1 Å². The summed E-state index contributed by atoms with van der Waals surface area (Å²) in [5, 5.41) is 11.1. The molecule has 2 atom stereocenters. The van der Waals surface area contributed by atoms with Gasteiger partial charge in [-0.15, -0.1) is 0 Å². The maximum absolute atomic E-state index is 11.1. The van der Waals surface area contributed by atoms with Crippen LogP contribution in [0, 0.1) is 11.8 Å². The Labute approximate surface area is 146 Å². The third-order valence-electron chi connectivity index (χ3n) is 5.48. The molecule has 1 saturated carbocycles. The molecule has 2 aromatic rings. The fraction of sp³-hybridized carbons (Fsp3) is 0.400. The van der Waals surface area contributed by atoms with Crippen molar-refractivity contribution in [3.05, 3.63) is 70.2 Å². The van der Waals surface area contributed by atoms with Crippen molar-refractivity contribution >= 4 is 15.9 Å². The highest BCUT2D eigenvalue weighted by atomic mass is 79.9. The van der Waals surface area contributed by atoms with Gasteiger partial charge in [-0.2, -0.15) is 0 Å². The van der Waals surface area contributed by atoms with Crippen LogP contribution in [-0.4, -0.2) is 23.1 Å². The number of hydrogen-bond acceptors (Lipinski definition) is 2. The Morgan fingerprint density at radius 3 is 2.17 bits per heavy atom. The zero-order valence-electron chi connectivity index (χ0n) is 13.2. The van der Waals surface area contributed by atoms with Crippen LogP contribution in [0.1, 0.15) is 24.0 Å². The fourth-order valence-corrected chi connectivity index (χ4v) is 4.68. The van der Waals surface area contributed by atoms with Crippen LogP contribution in [0.25, 0.3) is 0 Å². The minimum atomic E-state index is -0.630. The van der Waals surface area contributed by atoms with E-state index in [2.05, 4.69) is 63.3 Å². The van der Waals surface area contributed by atoms with Crippen molar-refractivity contribution in [2.75, 3.05) is 13.1 Å². The molecule has 1 aliphatic carbocycles. The lowest BCUT2D eigenvalue weighted by molar-refractivity contribution is 0.0311. The second-order valence-corrected chi connectivity index (χ2v) is 8.06. The number of rotatable bonds is 3. The molecular formula is C20H22BrNO. The summed E-state index contributed by atoms with van der Waals surface area (Å²) in [7, 11) is 0. The standard InChI is InChI=1S/C20H22BrNO/c21-19-8-6-18(7-9-19)20(23)10-16-13-22(14-17(16)11-20)12-15-4-2-1-3-5-15/h1-9,16-17,23H,10-14H2/t16-,17-/m0/s1. The summed E-state index contributed by atoms with van der Waals surface area (Å²) in [5.74, 6) is 1.24. The molecule has 0 radical (unpaired) electrons. The van der Waals surface area contributed by atoms with E-state index in [4.69, 9.17) is 0 Å². The lowest BCUT2D eigenvalue weighted by atomic mass is 9.90. The Balaban J connectivity index is 1.42. The molecule has 23 heavy (non-hydrogen) atoms. The molecule has 0 spiro atoms. The van der Waals surface area contributed by atoms with E-state index in [-0.39, 0.29) is 0 Å². The molecule has 0 aromatic heterocycles. The Morgan fingerprint density at radius 1 is 0.957 bits per heavy atom. The summed E-state index contributed by atoms with van der Waals surface area (Å²) in [6, 6.07) is 18.9. The first-order valence-corrected chi connectivity index (χ1v) is 9.16. The first kappa shape index (κ1) is 15.4. The lowest BCUT2D eigenvalue weighted by Crippen LogP contribution is -2.28. The molecular weight excluding hydrogens is 350 g/mol. The highest BCUT2D eigenvalue weighted by molar-refractivity contribution is 9.10. The maximum Gasteiger partial charge on any atom is 0.0903 e. The molecule has 3 heteroatoms. The Morgan fingerprint density at radius 2 is 1.57 bits per heavy atom. The topological polar surface area (TPSA) is 23.5 Å². The summed E-state index contributed by atoms with van der Waals surface area (Å²) >= 11 is 3.47. The van der Waals surface area contributed by atoms with Gasteiger partial charge < -0.3 is 5.11 Å². The third kappa shape index (κ3) is 3.10. The van der Waals surface area contributed by atoms with Gasteiger partial charge in [0.15, 0.2) is 0 Å². The summed E-state index contributed by atoms with van der Waals surface area (Å²) in [6.07, 6.45) is 1.79. The highest BCUT2D eigenvalue weighted by Crippen LogP contribution is 2.49. The van der Waals surface area contributed by atoms with E-state index >= 15 is 0 Å². The number of halogens is 1. The molecule has 1 aliphatic heterocycles. The average Bonchev–Trinajstić information content (AvgIpc) is 3.03. The van der Waals surface area contributed by atoms with Crippen LogP contribution in [0.3, 0.4) is 0 Å². The molecule has 2 nitrogen and oxygen atoms in total. The molecule has 1 saturated heterocycles. The fourth-order valence-electron chi connectivity index (χ4n) is 4.42. The number of aliphatic hydroxyl groups is 1. The minimum absolute atomic E-state index is 0.618. The summed E-state index contributed by atoms with van der Waals surface area (Å²) in [6.45, 7) is 3.25.